The van der Waals surface area contributed by atoms with Gasteiger partial charge in [0, 0.05) is 0 Å². The molecule has 0 saturated carbocycles. The molecule has 0 saturated heterocycles. The minimum Gasteiger partial charge on any atom is -0.497 e. The van der Waals surface area contributed by atoms with Gasteiger partial charge in [0.15, 0.2) is 4.34 Å². The maximum Gasteiger partial charge on any atom is 0.316 e. The van der Waals surface area contributed by atoms with Crippen molar-refractivity contribution < 1.29 is 27.5 Å². The Labute approximate surface area is 234 Å². The predicted molar refractivity (Wildman–Crippen MR) is 150 cm³/mol. The molecular formula is C26H24N4O6S3. The van der Waals surface area contributed by atoms with Crippen LogP contribution in [-0.2, 0) is 26.1 Å². The number of ether oxygens (including phenoxy) is 2. The average molecular weight is 585 g/mol. The molecule has 3 aromatic carbocycles. The number of aromatic nitrogens is 2. The Bertz CT molecular complexity index is 1540. The zero-order valence-corrected chi connectivity index (χ0v) is 23.4. The van der Waals surface area contributed by atoms with Crippen LogP contribution in [-0.4, -0.2) is 50.5 Å². The molecule has 0 aliphatic carbocycles. The monoisotopic (exact) mass is 584 g/mol. The molecule has 0 spiro atoms. The Morgan fingerprint density at radius 1 is 0.949 bits per heavy atom. The van der Waals surface area contributed by atoms with Crippen molar-refractivity contribution in [1.82, 2.24) is 10.2 Å². The summed E-state index contributed by atoms with van der Waals surface area (Å²) in [4.78, 5) is 24.8. The minimum atomic E-state index is -4.09. The summed E-state index contributed by atoms with van der Waals surface area (Å²) in [5, 5.41) is 10.8. The molecule has 0 unspecified atom stereocenters. The van der Waals surface area contributed by atoms with E-state index in [0.29, 0.717) is 10.1 Å². The summed E-state index contributed by atoms with van der Waals surface area (Å²) >= 11 is 2.22. The lowest BCUT2D eigenvalue weighted by Gasteiger charge is -2.26. The van der Waals surface area contributed by atoms with Crippen molar-refractivity contribution in [1.29, 1.82) is 0 Å². The Balaban J connectivity index is 1.67. The quantitative estimate of drug-likeness (QED) is 0.154. The van der Waals surface area contributed by atoms with Gasteiger partial charge in [-0.3, -0.25) is 19.2 Å². The van der Waals surface area contributed by atoms with E-state index in [0.717, 1.165) is 28.7 Å². The highest BCUT2D eigenvalue weighted by atomic mass is 32.2. The zero-order chi connectivity index (χ0) is 27.8. The number of carbonyl (C=O) groups excluding carboxylic acids is 2. The fraction of sp³-hybridized carbons (Fsp3) is 0.154. The second kappa shape index (κ2) is 12.7. The van der Waals surface area contributed by atoms with Crippen LogP contribution < -0.4 is 14.4 Å². The molecule has 0 radical (unpaired) electrons. The molecule has 13 heteroatoms. The lowest BCUT2D eigenvalue weighted by Crippen LogP contribution is -2.32. The number of amides is 1. The summed E-state index contributed by atoms with van der Waals surface area (Å²) in [5.74, 6) is -0.399. The number of carbonyl (C=O) groups is 2. The van der Waals surface area contributed by atoms with Gasteiger partial charge in [-0.2, -0.15) is 0 Å². The Kier molecular flexibility index (Phi) is 9.17. The van der Waals surface area contributed by atoms with E-state index in [1.807, 2.05) is 30.3 Å². The number of benzene rings is 3. The topological polar surface area (TPSA) is 128 Å². The summed E-state index contributed by atoms with van der Waals surface area (Å²) in [6.07, 6.45) is 0. The van der Waals surface area contributed by atoms with Crippen molar-refractivity contribution >= 4 is 55.8 Å². The Morgan fingerprint density at radius 3 is 2.33 bits per heavy atom. The lowest BCUT2D eigenvalue weighted by molar-refractivity contribution is -0.137. The van der Waals surface area contributed by atoms with Crippen molar-refractivity contribution in [3.05, 3.63) is 90.0 Å². The highest BCUT2D eigenvalue weighted by Crippen LogP contribution is 2.31. The van der Waals surface area contributed by atoms with Crippen molar-refractivity contribution in [2.75, 3.05) is 29.6 Å². The number of esters is 1. The lowest BCUT2D eigenvalue weighted by atomic mass is 10.1. The first-order valence-electron chi connectivity index (χ1n) is 11.5. The third-order valence-electron chi connectivity index (χ3n) is 5.40. The minimum absolute atomic E-state index is 0.00732. The molecule has 1 N–H and O–H groups in total. The first kappa shape index (κ1) is 28.1. The van der Waals surface area contributed by atoms with Gasteiger partial charge in [0.25, 0.3) is 15.9 Å². The van der Waals surface area contributed by atoms with E-state index < -0.39 is 21.9 Å². The Hall–Kier alpha value is -3.94. The molecule has 10 nitrogen and oxygen atoms in total. The van der Waals surface area contributed by atoms with Gasteiger partial charge in [-0.25, -0.2) is 8.42 Å². The number of hydrogen-bond donors (Lipinski definition) is 1. The van der Waals surface area contributed by atoms with Crippen LogP contribution in [0.25, 0.3) is 0 Å². The van der Waals surface area contributed by atoms with E-state index in [9.17, 15) is 18.0 Å². The van der Waals surface area contributed by atoms with Crippen LogP contribution in [0, 0.1) is 0 Å². The molecule has 0 fully saturated rings. The molecule has 1 aromatic heterocycles. The van der Waals surface area contributed by atoms with Gasteiger partial charge in [0.1, 0.15) is 5.75 Å². The molecule has 0 bridgehead atoms. The molecule has 0 aliphatic heterocycles. The summed E-state index contributed by atoms with van der Waals surface area (Å²) in [6.45, 7) is -0.00732. The van der Waals surface area contributed by atoms with Crippen molar-refractivity contribution in [3.8, 4) is 5.75 Å². The number of nitrogens with one attached hydrogen (secondary N) is 1. The maximum absolute atomic E-state index is 13.9. The third-order valence-corrected chi connectivity index (χ3v) is 9.12. The molecule has 1 amide bonds. The first-order valence-corrected chi connectivity index (χ1v) is 14.7. The number of hydrogen-bond acceptors (Lipinski definition) is 10. The van der Waals surface area contributed by atoms with Crippen LogP contribution in [0.15, 0.2) is 88.1 Å². The van der Waals surface area contributed by atoms with Crippen molar-refractivity contribution in [2.24, 2.45) is 0 Å². The van der Waals surface area contributed by atoms with Gasteiger partial charge in [-0.15, -0.1) is 10.2 Å². The summed E-state index contributed by atoms with van der Waals surface area (Å²) in [7, 11) is -1.30. The number of nitrogens with zero attached hydrogens (tertiary/aromatic N) is 3. The third kappa shape index (κ3) is 6.93. The van der Waals surface area contributed by atoms with E-state index >= 15 is 0 Å². The van der Waals surface area contributed by atoms with E-state index in [1.165, 1.54) is 30.7 Å². The maximum atomic E-state index is 13.9. The molecule has 1 heterocycles. The fourth-order valence-corrected chi connectivity index (χ4v) is 6.52. The highest BCUT2D eigenvalue weighted by Gasteiger charge is 2.29. The second-order valence-electron chi connectivity index (χ2n) is 7.88. The SMILES string of the molecule is COC(=O)CSc1nnc(NC(=O)c2ccccc2N(Cc2ccccc2)S(=O)(=O)c2ccc(OC)cc2)s1. The van der Waals surface area contributed by atoms with Gasteiger partial charge >= 0.3 is 5.97 Å². The van der Waals surface area contributed by atoms with Crippen LogP contribution in [0.4, 0.5) is 10.8 Å². The van der Waals surface area contributed by atoms with Gasteiger partial charge in [0.05, 0.1) is 42.7 Å². The molecule has 4 rings (SSSR count). The second-order valence-corrected chi connectivity index (χ2v) is 11.9. The fourth-order valence-electron chi connectivity index (χ4n) is 3.47. The molecule has 39 heavy (non-hydrogen) atoms. The van der Waals surface area contributed by atoms with Crippen molar-refractivity contribution in [2.45, 2.75) is 15.8 Å². The molecular weight excluding hydrogens is 561 g/mol. The Morgan fingerprint density at radius 2 is 1.64 bits per heavy atom. The van der Waals surface area contributed by atoms with E-state index in [2.05, 4.69) is 20.3 Å². The van der Waals surface area contributed by atoms with Crippen LogP contribution >= 0.6 is 23.1 Å². The smallest absolute Gasteiger partial charge is 0.316 e. The average Bonchev–Trinajstić information content (AvgIpc) is 3.42. The standard InChI is InChI=1S/C26H24N4O6S3/c1-35-19-12-14-20(15-13-19)39(33,34)30(16-18-8-4-3-5-9-18)22-11-7-6-10-21(22)24(32)27-25-28-29-26(38-25)37-17-23(31)36-2/h3-15H,16-17H2,1-2H3,(H,27,28,32). The van der Waals surface area contributed by atoms with E-state index in [1.54, 1.807) is 36.4 Å². The van der Waals surface area contributed by atoms with Gasteiger partial charge in [-0.05, 0) is 42.0 Å². The summed E-state index contributed by atoms with van der Waals surface area (Å²) < 4.78 is 39.3. The van der Waals surface area contributed by atoms with Crippen molar-refractivity contribution in [3.63, 3.8) is 0 Å². The molecule has 0 aliphatic rings. The summed E-state index contributed by atoms with van der Waals surface area (Å²) in [6, 6.07) is 21.6. The van der Waals surface area contributed by atoms with E-state index in [-0.39, 0.29) is 33.6 Å². The zero-order valence-electron chi connectivity index (χ0n) is 20.9. The molecule has 202 valence electrons. The number of thioether (sulfide) groups is 1. The molecule has 4 aromatic rings. The van der Waals surface area contributed by atoms with Crippen LogP contribution in [0.3, 0.4) is 0 Å². The largest absolute Gasteiger partial charge is 0.497 e. The normalized spacial score (nSPS) is 11.0. The summed E-state index contributed by atoms with van der Waals surface area (Å²) in [5.41, 5.74) is 1.06. The highest BCUT2D eigenvalue weighted by molar-refractivity contribution is 8.01. The van der Waals surface area contributed by atoms with Crippen LogP contribution in [0.1, 0.15) is 15.9 Å². The number of sulfonamides is 1. The number of anilines is 2. The van der Waals surface area contributed by atoms with Gasteiger partial charge < -0.3 is 9.47 Å². The van der Waals surface area contributed by atoms with Gasteiger partial charge in [-0.1, -0.05) is 65.6 Å². The van der Waals surface area contributed by atoms with Crippen LogP contribution in [0.2, 0.25) is 0 Å². The predicted octanol–water partition coefficient (Wildman–Crippen LogP) is 4.46. The van der Waals surface area contributed by atoms with E-state index in [4.69, 9.17) is 4.74 Å². The van der Waals surface area contributed by atoms with Crippen LogP contribution in [0.5, 0.6) is 5.75 Å². The first-order chi connectivity index (χ1) is 18.8. The molecule has 0 atom stereocenters. The number of methoxy groups -OCH3 is 2. The van der Waals surface area contributed by atoms with Gasteiger partial charge in [0.2, 0.25) is 5.13 Å². The number of rotatable bonds is 11. The number of para-hydroxylation sites is 1.